The minimum absolute atomic E-state index is 0.0408. The second kappa shape index (κ2) is 7.25. The Labute approximate surface area is 161 Å². The lowest BCUT2D eigenvalue weighted by molar-refractivity contribution is -0.130. The van der Waals surface area contributed by atoms with E-state index in [4.69, 9.17) is 5.73 Å². The van der Waals surface area contributed by atoms with Crippen molar-refractivity contribution in [1.29, 1.82) is 0 Å². The summed E-state index contributed by atoms with van der Waals surface area (Å²) in [7, 11) is 0. The zero-order valence-electron chi connectivity index (χ0n) is 15.2. The van der Waals surface area contributed by atoms with Crippen molar-refractivity contribution in [2.75, 3.05) is 13.1 Å². The van der Waals surface area contributed by atoms with E-state index in [-0.39, 0.29) is 23.9 Å². The Bertz CT molecular complexity index is 1040. The number of hydrogen-bond donors (Lipinski definition) is 1. The van der Waals surface area contributed by atoms with Gasteiger partial charge in [-0.05, 0) is 18.9 Å². The van der Waals surface area contributed by atoms with Crippen LogP contribution < -0.4 is 11.3 Å². The standard InChI is InChI=1S/C20H22N4O2S/c1-13-2-4-14(5-3-13)16-11-27-19-18(16)20(26)24(12-22-19)9-7-17(25)23-8-6-15(21)10-23/h2-5,11-12,15H,6-10,21H2,1H3/t15-/m0/s1. The number of amides is 1. The van der Waals surface area contributed by atoms with Crippen LogP contribution in [0.5, 0.6) is 0 Å². The summed E-state index contributed by atoms with van der Waals surface area (Å²) >= 11 is 1.47. The number of aromatic nitrogens is 2. The molecule has 1 aliphatic heterocycles. The monoisotopic (exact) mass is 382 g/mol. The van der Waals surface area contributed by atoms with Gasteiger partial charge in [0, 0.05) is 43.0 Å². The first-order valence-corrected chi connectivity index (χ1v) is 9.98. The molecule has 0 saturated carbocycles. The number of aryl methyl sites for hydroxylation is 2. The molecule has 1 fully saturated rings. The number of rotatable bonds is 4. The quantitative estimate of drug-likeness (QED) is 0.751. The molecule has 4 rings (SSSR count). The second-order valence-electron chi connectivity index (χ2n) is 7.08. The number of nitrogens with zero attached hydrogens (tertiary/aromatic N) is 3. The fourth-order valence-electron chi connectivity index (χ4n) is 3.46. The maximum absolute atomic E-state index is 13.0. The van der Waals surface area contributed by atoms with Gasteiger partial charge in [-0.3, -0.25) is 14.2 Å². The summed E-state index contributed by atoms with van der Waals surface area (Å²) in [6, 6.07) is 8.18. The van der Waals surface area contributed by atoms with E-state index in [1.807, 2.05) is 36.6 Å². The molecular formula is C20H22N4O2S. The molecule has 1 aromatic carbocycles. The van der Waals surface area contributed by atoms with Crippen LogP contribution in [-0.2, 0) is 11.3 Å². The molecule has 1 aliphatic rings. The van der Waals surface area contributed by atoms with E-state index in [9.17, 15) is 9.59 Å². The number of benzene rings is 1. The molecule has 2 aromatic heterocycles. The Hall–Kier alpha value is -2.51. The van der Waals surface area contributed by atoms with Gasteiger partial charge in [0.2, 0.25) is 5.91 Å². The van der Waals surface area contributed by atoms with Crippen molar-refractivity contribution < 1.29 is 4.79 Å². The maximum atomic E-state index is 13.0. The van der Waals surface area contributed by atoms with E-state index in [2.05, 4.69) is 4.98 Å². The van der Waals surface area contributed by atoms with Crippen molar-refractivity contribution in [3.8, 4) is 11.1 Å². The predicted octanol–water partition coefficient (Wildman–Crippen LogP) is 2.38. The molecule has 3 aromatic rings. The van der Waals surface area contributed by atoms with Crippen LogP contribution in [0.1, 0.15) is 18.4 Å². The van der Waals surface area contributed by atoms with E-state index in [0.29, 0.717) is 25.0 Å². The van der Waals surface area contributed by atoms with E-state index in [1.54, 1.807) is 15.8 Å². The molecule has 6 nitrogen and oxygen atoms in total. The third-order valence-electron chi connectivity index (χ3n) is 5.07. The van der Waals surface area contributed by atoms with Crippen LogP contribution in [0.4, 0.5) is 0 Å². The zero-order chi connectivity index (χ0) is 19.0. The van der Waals surface area contributed by atoms with Gasteiger partial charge in [0.25, 0.3) is 5.56 Å². The molecular weight excluding hydrogens is 360 g/mol. The van der Waals surface area contributed by atoms with E-state index in [1.165, 1.54) is 16.9 Å². The highest BCUT2D eigenvalue weighted by Crippen LogP contribution is 2.30. The Morgan fingerprint density at radius 3 is 2.81 bits per heavy atom. The Morgan fingerprint density at radius 2 is 2.11 bits per heavy atom. The van der Waals surface area contributed by atoms with Crippen molar-refractivity contribution in [3.05, 3.63) is 51.9 Å². The molecule has 3 heterocycles. The number of hydrogen-bond acceptors (Lipinski definition) is 5. The Morgan fingerprint density at radius 1 is 1.33 bits per heavy atom. The van der Waals surface area contributed by atoms with Crippen LogP contribution in [0.2, 0.25) is 0 Å². The number of carbonyl (C=O) groups excluding carboxylic acids is 1. The van der Waals surface area contributed by atoms with Gasteiger partial charge in [0.1, 0.15) is 4.83 Å². The fourth-order valence-corrected chi connectivity index (χ4v) is 4.37. The van der Waals surface area contributed by atoms with Gasteiger partial charge in [-0.15, -0.1) is 11.3 Å². The number of fused-ring (bicyclic) bond motifs is 1. The lowest BCUT2D eigenvalue weighted by Gasteiger charge is -2.16. The summed E-state index contributed by atoms with van der Waals surface area (Å²) in [5, 5.41) is 2.60. The Balaban J connectivity index is 1.60. The van der Waals surface area contributed by atoms with Gasteiger partial charge in [0.05, 0.1) is 11.7 Å². The Kier molecular flexibility index (Phi) is 4.80. The van der Waals surface area contributed by atoms with Crippen molar-refractivity contribution in [1.82, 2.24) is 14.5 Å². The third kappa shape index (κ3) is 3.52. The van der Waals surface area contributed by atoms with Crippen LogP contribution in [0.15, 0.2) is 40.8 Å². The van der Waals surface area contributed by atoms with Gasteiger partial charge in [-0.25, -0.2) is 4.98 Å². The van der Waals surface area contributed by atoms with Gasteiger partial charge in [-0.2, -0.15) is 0 Å². The van der Waals surface area contributed by atoms with Crippen LogP contribution in [-0.4, -0.2) is 39.5 Å². The molecule has 1 amide bonds. The summed E-state index contributed by atoms with van der Waals surface area (Å²) in [6.45, 7) is 3.67. The molecule has 1 saturated heterocycles. The van der Waals surface area contributed by atoms with Crippen molar-refractivity contribution in [2.24, 2.45) is 5.73 Å². The summed E-state index contributed by atoms with van der Waals surface area (Å²) in [5.74, 6) is 0.0408. The number of carbonyl (C=O) groups is 1. The van der Waals surface area contributed by atoms with Crippen LogP contribution in [0.25, 0.3) is 21.3 Å². The van der Waals surface area contributed by atoms with Crippen molar-refractivity contribution in [3.63, 3.8) is 0 Å². The number of nitrogens with two attached hydrogens (primary N) is 1. The van der Waals surface area contributed by atoms with Crippen LogP contribution in [0, 0.1) is 6.92 Å². The summed E-state index contributed by atoms with van der Waals surface area (Å²) in [4.78, 5) is 32.3. The first-order chi connectivity index (χ1) is 13.0. The minimum Gasteiger partial charge on any atom is -0.341 e. The van der Waals surface area contributed by atoms with Crippen LogP contribution in [0.3, 0.4) is 0 Å². The van der Waals surface area contributed by atoms with Gasteiger partial charge in [0.15, 0.2) is 0 Å². The SMILES string of the molecule is Cc1ccc(-c2csc3ncn(CCC(=O)N4CC[C@H](N)C4)c(=O)c23)cc1. The van der Waals surface area contributed by atoms with E-state index in [0.717, 1.165) is 22.4 Å². The van der Waals surface area contributed by atoms with Gasteiger partial charge < -0.3 is 10.6 Å². The number of thiophene rings is 1. The lowest BCUT2D eigenvalue weighted by atomic mass is 10.1. The second-order valence-corrected chi connectivity index (χ2v) is 7.94. The summed E-state index contributed by atoms with van der Waals surface area (Å²) in [6.07, 6.45) is 2.67. The van der Waals surface area contributed by atoms with E-state index < -0.39 is 0 Å². The van der Waals surface area contributed by atoms with E-state index >= 15 is 0 Å². The fraction of sp³-hybridized carbons (Fsp3) is 0.350. The first-order valence-electron chi connectivity index (χ1n) is 9.10. The average Bonchev–Trinajstić information content (AvgIpc) is 3.28. The molecule has 0 spiro atoms. The molecule has 7 heteroatoms. The van der Waals surface area contributed by atoms with Gasteiger partial charge >= 0.3 is 0 Å². The maximum Gasteiger partial charge on any atom is 0.262 e. The van der Waals surface area contributed by atoms with Crippen LogP contribution >= 0.6 is 11.3 Å². The highest BCUT2D eigenvalue weighted by Gasteiger charge is 2.23. The predicted molar refractivity (Wildman–Crippen MR) is 108 cm³/mol. The molecule has 1 atom stereocenters. The number of likely N-dealkylation sites (tertiary alicyclic amines) is 1. The smallest absolute Gasteiger partial charge is 0.262 e. The zero-order valence-corrected chi connectivity index (χ0v) is 16.0. The normalized spacial score (nSPS) is 17.0. The van der Waals surface area contributed by atoms with Gasteiger partial charge in [-0.1, -0.05) is 29.8 Å². The molecule has 0 unspecified atom stereocenters. The average molecular weight is 382 g/mol. The largest absolute Gasteiger partial charge is 0.341 e. The highest BCUT2D eigenvalue weighted by molar-refractivity contribution is 7.17. The molecule has 2 N–H and O–H groups in total. The topological polar surface area (TPSA) is 81.2 Å². The van der Waals surface area contributed by atoms with Crippen molar-refractivity contribution in [2.45, 2.75) is 32.4 Å². The minimum atomic E-state index is -0.0947. The first kappa shape index (κ1) is 17.9. The highest BCUT2D eigenvalue weighted by atomic mass is 32.1. The summed E-state index contributed by atoms with van der Waals surface area (Å²) < 4.78 is 1.54. The summed E-state index contributed by atoms with van der Waals surface area (Å²) in [5.41, 5.74) is 8.86. The lowest BCUT2D eigenvalue weighted by Crippen LogP contribution is -2.33. The third-order valence-corrected chi connectivity index (χ3v) is 5.95. The molecule has 140 valence electrons. The molecule has 0 bridgehead atoms. The molecule has 0 radical (unpaired) electrons. The van der Waals surface area contributed by atoms with Crippen molar-refractivity contribution >= 4 is 27.5 Å². The molecule has 27 heavy (non-hydrogen) atoms. The molecule has 0 aliphatic carbocycles.